The number of aromatic nitrogens is 4. The standard InChI is InChI=1S/C25H27F2N5O3/c1-24-7-4-8-25(2,32-24)12-15(11-24)35-19-6-5-17(29-31-19)21-18(33)10-16(22(26)23(21)27)14-9-20(34-3)30-28-13-14/h5-6,9-10,13,15,32-33H,4,7-8,11-12H2,1-3H3/t15-,24-,25+. The lowest BCUT2D eigenvalue weighted by Crippen LogP contribution is -2.65. The van der Waals surface area contributed by atoms with Crippen LogP contribution in [0, 0.1) is 11.6 Å². The Kier molecular flexibility index (Phi) is 5.79. The van der Waals surface area contributed by atoms with Gasteiger partial charge in [0.25, 0.3) is 0 Å². The molecule has 2 saturated heterocycles. The van der Waals surface area contributed by atoms with Gasteiger partial charge >= 0.3 is 0 Å². The first-order chi connectivity index (χ1) is 16.7. The molecule has 0 saturated carbocycles. The normalized spacial score (nSPS) is 25.8. The second-order valence-electron chi connectivity index (χ2n) is 9.94. The number of halogens is 2. The predicted molar refractivity (Wildman–Crippen MR) is 124 cm³/mol. The average molecular weight is 484 g/mol. The van der Waals surface area contributed by atoms with E-state index < -0.39 is 17.4 Å². The van der Waals surface area contributed by atoms with Crippen LogP contribution in [0.25, 0.3) is 22.4 Å². The number of nitrogens with one attached hydrogen (secondary N) is 1. The first-order valence-electron chi connectivity index (χ1n) is 11.6. The van der Waals surface area contributed by atoms with Crippen LogP contribution >= 0.6 is 0 Å². The highest BCUT2D eigenvalue weighted by Gasteiger charge is 2.46. The second kappa shape index (κ2) is 8.67. The summed E-state index contributed by atoms with van der Waals surface area (Å²) in [6, 6.07) is 5.53. The molecule has 3 aromatic rings. The molecule has 2 bridgehead atoms. The smallest absolute Gasteiger partial charge is 0.233 e. The number of benzene rings is 1. The number of methoxy groups -OCH3 is 1. The summed E-state index contributed by atoms with van der Waals surface area (Å²) in [5.74, 6) is -2.45. The molecule has 8 nitrogen and oxygen atoms in total. The van der Waals surface area contributed by atoms with Gasteiger partial charge in [0.2, 0.25) is 11.8 Å². The van der Waals surface area contributed by atoms with Crippen molar-refractivity contribution in [2.45, 2.75) is 63.1 Å². The average Bonchev–Trinajstić information content (AvgIpc) is 2.81. The third-order valence-corrected chi connectivity index (χ3v) is 6.94. The van der Waals surface area contributed by atoms with Crippen LogP contribution in [-0.2, 0) is 0 Å². The predicted octanol–water partition coefficient (Wildman–Crippen LogP) is 4.43. The first-order valence-corrected chi connectivity index (χ1v) is 11.6. The maximum atomic E-state index is 15.1. The summed E-state index contributed by atoms with van der Waals surface area (Å²) < 4.78 is 41.1. The second-order valence-corrected chi connectivity index (χ2v) is 9.94. The van der Waals surface area contributed by atoms with Gasteiger partial charge in [0, 0.05) is 47.2 Å². The van der Waals surface area contributed by atoms with E-state index in [1.807, 2.05) is 0 Å². The molecule has 0 unspecified atom stereocenters. The fourth-order valence-corrected chi connectivity index (χ4v) is 5.54. The lowest BCUT2D eigenvalue weighted by atomic mass is 9.70. The Balaban J connectivity index is 1.39. The number of nitrogens with zero attached hydrogens (tertiary/aromatic N) is 4. The quantitative estimate of drug-likeness (QED) is 0.550. The number of phenolic OH excluding ortho intramolecular Hbond substituents is 1. The van der Waals surface area contributed by atoms with Gasteiger partial charge in [-0.1, -0.05) is 0 Å². The number of fused-ring (bicyclic) bond motifs is 2. The summed E-state index contributed by atoms with van der Waals surface area (Å²) in [6.45, 7) is 4.44. The van der Waals surface area contributed by atoms with E-state index in [2.05, 4.69) is 39.6 Å². The summed E-state index contributed by atoms with van der Waals surface area (Å²) in [6.07, 6.45) is 6.30. The largest absolute Gasteiger partial charge is 0.507 e. The Morgan fingerprint density at radius 2 is 1.74 bits per heavy atom. The van der Waals surface area contributed by atoms with Crippen molar-refractivity contribution in [3.05, 3.63) is 42.1 Å². The van der Waals surface area contributed by atoms with Crippen molar-refractivity contribution in [3.8, 4) is 39.9 Å². The van der Waals surface area contributed by atoms with Crippen molar-refractivity contribution in [3.63, 3.8) is 0 Å². The minimum absolute atomic E-state index is 0.00987. The van der Waals surface area contributed by atoms with Gasteiger partial charge in [-0.15, -0.1) is 15.3 Å². The highest BCUT2D eigenvalue weighted by Crippen LogP contribution is 2.41. The molecule has 2 aliphatic heterocycles. The molecule has 184 valence electrons. The summed E-state index contributed by atoms with van der Waals surface area (Å²) in [7, 11) is 1.38. The monoisotopic (exact) mass is 483 g/mol. The first kappa shape index (κ1) is 23.3. The lowest BCUT2D eigenvalue weighted by molar-refractivity contribution is 0.00726. The van der Waals surface area contributed by atoms with E-state index in [0.29, 0.717) is 5.88 Å². The van der Waals surface area contributed by atoms with Crippen LogP contribution in [-0.4, -0.2) is 49.8 Å². The van der Waals surface area contributed by atoms with Crippen LogP contribution < -0.4 is 14.8 Å². The fraction of sp³-hybridized carbons (Fsp3) is 0.440. The van der Waals surface area contributed by atoms with E-state index in [4.69, 9.17) is 9.47 Å². The number of hydrogen-bond acceptors (Lipinski definition) is 8. The van der Waals surface area contributed by atoms with Crippen LogP contribution in [0.1, 0.15) is 46.0 Å². The molecule has 35 heavy (non-hydrogen) atoms. The van der Waals surface area contributed by atoms with Crippen LogP contribution in [0.4, 0.5) is 8.78 Å². The van der Waals surface area contributed by atoms with E-state index in [-0.39, 0.29) is 45.4 Å². The number of aromatic hydroxyl groups is 1. The Morgan fingerprint density at radius 1 is 1.00 bits per heavy atom. The zero-order valence-electron chi connectivity index (χ0n) is 19.8. The maximum Gasteiger partial charge on any atom is 0.233 e. The minimum Gasteiger partial charge on any atom is -0.507 e. The maximum absolute atomic E-state index is 15.1. The molecule has 0 spiro atoms. The molecule has 0 radical (unpaired) electrons. The summed E-state index contributed by atoms with van der Waals surface area (Å²) >= 11 is 0. The van der Waals surface area contributed by atoms with Gasteiger partial charge in [-0.2, -0.15) is 5.10 Å². The van der Waals surface area contributed by atoms with E-state index in [1.165, 1.54) is 31.9 Å². The molecular formula is C25H27F2N5O3. The third-order valence-electron chi connectivity index (χ3n) is 6.94. The number of rotatable bonds is 5. The minimum atomic E-state index is -1.24. The molecule has 2 aliphatic rings. The molecule has 2 fully saturated rings. The van der Waals surface area contributed by atoms with Gasteiger partial charge in [-0.05, 0) is 45.2 Å². The highest BCUT2D eigenvalue weighted by molar-refractivity contribution is 5.75. The van der Waals surface area contributed by atoms with Crippen molar-refractivity contribution in [2.24, 2.45) is 0 Å². The Morgan fingerprint density at radius 3 is 2.40 bits per heavy atom. The Labute approximate surface area is 201 Å². The third kappa shape index (κ3) is 4.50. The van der Waals surface area contributed by atoms with E-state index in [9.17, 15) is 9.50 Å². The van der Waals surface area contributed by atoms with Gasteiger partial charge in [0.1, 0.15) is 17.5 Å². The fourth-order valence-electron chi connectivity index (χ4n) is 5.54. The van der Waals surface area contributed by atoms with Crippen LogP contribution in [0.15, 0.2) is 30.5 Å². The van der Waals surface area contributed by atoms with Gasteiger partial charge in [0.15, 0.2) is 11.6 Å². The Bertz CT molecular complexity index is 1240. The number of ether oxygens (including phenoxy) is 2. The molecule has 4 heterocycles. The van der Waals surface area contributed by atoms with Crippen LogP contribution in [0.3, 0.4) is 0 Å². The van der Waals surface area contributed by atoms with Crippen molar-refractivity contribution < 1.29 is 23.4 Å². The summed E-state index contributed by atoms with van der Waals surface area (Å²) in [5.41, 5.74) is -0.320. The van der Waals surface area contributed by atoms with Gasteiger partial charge in [-0.3, -0.25) is 0 Å². The SMILES string of the molecule is COc1cc(-c2cc(O)c(-c3ccc(O[C@H]4C[C@]5(C)CCC[C@](C)(C4)N5)nn3)c(F)c2F)cnn1. The molecule has 2 N–H and O–H groups in total. The van der Waals surface area contributed by atoms with Crippen molar-refractivity contribution >= 4 is 0 Å². The molecule has 2 aromatic heterocycles. The Hall–Kier alpha value is -3.40. The van der Waals surface area contributed by atoms with Crippen molar-refractivity contribution in [1.82, 2.24) is 25.7 Å². The van der Waals surface area contributed by atoms with Gasteiger partial charge in [0.05, 0.1) is 18.9 Å². The summed E-state index contributed by atoms with van der Waals surface area (Å²) in [4.78, 5) is 0. The zero-order valence-corrected chi connectivity index (χ0v) is 19.8. The van der Waals surface area contributed by atoms with Gasteiger partial charge < -0.3 is 19.9 Å². The van der Waals surface area contributed by atoms with Crippen molar-refractivity contribution in [1.29, 1.82) is 0 Å². The molecule has 3 atom stereocenters. The molecular weight excluding hydrogens is 456 g/mol. The zero-order chi connectivity index (χ0) is 24.8. The summed E-state index contributed by atoms with van der Waals surface area (Å²) in [5, 5.41) is 29.8. The molecule has 0 aliphatic carbocycles. The van der Waals surface area contributed by atoms with Crippen LogP contribution in [0.5, 0.6) is 17.5 Å². The number of piperidine rings is 2. The topological polar surface area (TPSA) is 102 Å². The molecule has 5 rings (SSSR count). The molecule has 10 heteroatoms. The lowest BCUT2D eigenvalue weighted by Gasteiger charge is -2.53. The van der Waals surface area contributed by atoms with Crippen LogP contribution in [0.2, 0.25) is 0 Å². The highest BCUT2D eigenvalue weighted by atomic mass is 19.2. The van der Waals surface area contributed by atoms with Gasteiger partial charge in [-0.25, -0.2) is 8.78 Å². The van der Waals surface area contributed by atoms with E-state index in [1.54, 1.807) is 6.07 Å². The van der Waals surface area contributed by atoms with E-state index >= 15 is 4.39 Å². The van der Waals surface area contributed by atoms with Crippen molar-refractivity contribution in [2.75, 3.05) is 7.11 Å². The molecule has 0 amide bonds. The number of hydrogen-bond donors (Lipinski definition) is 2. The molecule has 1 aromatic carbocycles. The van der Waals surface area contributed by atoms with E-state index in [0.717, 1.165) is 31.7 Å². The number of phenols is 1.